The molecule has 270 valence electrons. The highest BCUT2D eigenvalue weighted by Crippen LogP contribution is 2.49. The minimum absolute atomic E-state index is 0.0810. The van der Waals surface area contributed by atoms with E-state index < -0.39 is 0 Å². The second-order valence-electron chi connectivity index (χ2n) is 16.9. The zero-order valence-electron chi connectivity index (χ0n) is 32.2. The molecule has 0 radical (unpaired) electrons. The number of para-hydroxylation sites is 1. The Balaban J connectivity index is 1.31. The van der Waals surface area contributed by atoms with E-state index in [0.29, 0.717) is 5.95 Å². The summed E-state index contributed by atoms with van der Waals surface area (Å²) in [4.78, 5) is 10.8. The summed E-state index contributed by atoms with van der Waals surface area (Å²) in [5.41, 5.74) is 12.8. The molecule has 1 aliphatic carbocycles. The maximum atomic E-state index is 5.39. The first-order chi connectivity index (χ1) is 27.2. The molecule has 0 atom stereocenters. The molecule has 7 aromatic carbocycles. The Kier molecular flexibility index (Phi) is 7.04. The first-order valence-electron chi connectivity index (χ1n) is 19.8. The van der Waals surface area contributed by atoms with Crippen molar-refractivity contribution in [2.24, 2.45) is 0 Å². The molecule has 0 unspecified atom stereocenters. The Morgan fingerprint density at radius 1 is 0.429 bits per heavy atom. The molecule has 4 nitrogen and oxygen atoms in total. The van der Waals surface area contributed by atoms with Crippen LogP contribution in [0, 0.1) is 0 Å². The van der Waals surface area contributed by atoms with Crippen LogP contribution in [0.5, 0.6) is 0 Å². The Hall–Kier alpha value is -6.52. The third-order valence-electron chi connectivity index (χ3n) is 12.6. The smallest absolute Gasteiger partial charge is 0.235 e. The van der Waals surface area contributed by atoms with E-state index in [2.05, 4.69) is 195 Å². The third-order valence-corrected chi connectivity index (χ3v) is 12.6. The van der Waals surface area contributed by atoms with Crippen LogP contribution in [-0.2, 0) is 10.8 Å². The van der Waals surface area contributed by atoms with Crippen molar-refractivity contribution in [1.82, 2.24) is 19.1 Å². The van der Waals surface area contributed by atoms with E-state index in [1.807, 2.05) is 0 Å². The minimum Gasteiger partial charge on any atom is -0.309 e. The van der Waals surface area contributed by atoms with E-state index in [1.54, 1.807) is 0 Å². The molecular formula is C52H42N4. The lowest BCUT2D eigenvalue weighted by Gasteiger charge is -2.42. The van der Waals surface area contributed by atoms with Gasteiger partial charge in [-0.1, -0.05) is 137 Å². The average molecular weight is 723 g/mol. The van der Waals surface area contributed by atoms with Gasteiger partial charge in [0.15, 0.2) is 0 Å². The van der Waals surface area contributed by atoms with Crippen molar-refractivity contribution in [1.29, 1.82) is 0 Å². The van der Waals surface area contributed by atoms with Crippen molar-refractivity contribution < 1.29 is 0 Å². The fraction of sp³-hybridized carbons (Fsp3) is 0.154. The van der Waals surface area contributed by atoms with Gasteiger partial charge < -0.3 is 4.57 Å². The summed E-state index contributed by atoms with van der Waals surface area (Å²) in [6.07, 6.45) is 2.34. The number of hydrogen-bond acceptors (Lipinski definition) is 2. The summed E-state index contributed by atoms with van der Waals surface area (Å²) < 4.78 is 4.81. The molecule has 0 fully saturated rings. The molecule has 0 saturated heterocycles. The number of fused-ring (bicyclic) bond motifs is 9. The van der Waals surface area contributed by atoms with Crippen LogP contribution in [0.4, 0.5) is 0 Å². The van der Waals surface area contributed by atoms with Crippen LogP contribution in [0.1, 0.15) is 51.7 Å². The average Bonchev–Trinajstić information content (AvgIpc) is 3.73. The fourth-order valence-electron chi connectivity index (χ4n) is 9.47. The third kappa shape index (κ3) is 4.91. The second-order valence-corrected chi connectivity index (χ2v) is 16.9. The predicted octanol–water partition coefficient (Wildman–Crippen LogP) is 13.5. The monoisotopic (exact) mass is 722 g/mol. The van der Waals surface area contributed by atoms with Crippen molar-refractivity contribution >= 4 is 54.4 Å². The van der Waals surface area contributed by atoms with E-state index in [-0.39, 0.29) is 10.8 Å². The van der Waals surface area contributed by atoms with Crippen molar-refractivity contribution in [3.05, 3.63) is 169 Å². The Labute approximate surface area is 326 Å². The molecule has 0 amide bonds. The normalized spacial score (nSPS) is 14.9. The summed E-state index contributed by atoms with van der Waals surface area (Å²) in [7, 11) is 0. The number of aromatic nitrogens is 4. The molecule has 11 rings (SSSR count). The lowest BCUT2D eigenvalue weighted by Crippen LogP contribution is -2.33. The minimum atomic E-state index is 0.0810. The van der Waals surface area contributed by atoms with Gasteiger partial charge in [0.1, 0.15) is 0 Å². The topological polar surface area (TPSA) is 35.6 Å². The van der Waals surface area contributed by atoms with Gasteiger partial charge >= 0.3 is 0 Å². The first kappa shape index (κ1) is 32.9. The second kappa shape index (κ2) is 12.0. The van der Waals surface area contributed by atoms with E-state index in [1.165, 1.54) is 73.0 Å². The van der Waals surface area contributed by atoms with Gasteiger partial charge in [-0.05, 0) is 94.1 Å². The predicted molar refractivity (Wildman–Crippen MR) is 234 cm³/mol. The molecule has 0 saturated carbocycles. The standard InChI is InChI=1S/C52H42N4/c1-51(2)26-27-52(3,4)42-31-48-38(28-41(42)51)39-29-47-40(30-46(39)55(48)36-21-12-7-13-22-36)49-37-23-15-14-16-33(37)24-25-45(49)56(47)50-53-43(34-17-8-5-9-18-34)32-44(54-50)35-19-10-6-11-20-35/h5-25,28-32H,26-27H2,1-4H3. The summed E-state index contributed by atoms with van der Waals surface area (Å²) in [5.74, 6) is 0.659. The Bertz CT molecular complexity index is 3110. The van der Waals surface area contributed by atoms with Gasteiger partial charge in [0.2, 0.25) is 5.95 Å². The Morgan fingerprint density at radius 3 is 1.61 bits per heavy atom. The highest BCUT2D eigenvalue weighted by molar-refractivity contribution is 6.25. The highest BCUT2D eigenvalue weighted by atomic mass is 15.2. The molecule has 3 heterocycles. The number of benzene rings is 7. The van der Waals surface area contributed by atoms with E-state index in [9.17, 15) is 0 Å². The molecule has 0 N–H and O–H groups in total. The van der Waals surface area contributed by atoms with E-state index in [4.69, 9.17) is 9.97 Å². The summed E-state index contributed by atoms with van der Waals surface area (Å²) in [5, 5.41) is 7.34. The molecule has 10 aromatic rings. The summed E-state index contributed by atoms with van der Waals surface area (Å²) >= 11 is 0. The SMILES string of the molecule is CC1(C)CCC(C)(C)c2cc3c(cc21)c1cc2c(cc1n3-c1ccccc1)c1c3ccccc3ccc1n2-c1nc(-c2ccccc2)cc(-c2ccccc2)n1. The molecule has 0 bridgehead atoms. The van der Waals surface area contributed by atoms with Gasteiger partial charge in [-0.25, -0.2) is 9.97 Å². The van der Waals surface area contributed by atoms with Gasteiger partial charge in [0.05, 0.1) is 33.5 Å². The van der Waals surface area contributed by atoms with Crippen LogP contribution < -0.4 is 0 Å². The van der Waals surface area contributed by atoms with Gasteiger partial charge in [-0.15, -0.1) is 0 Å². The van der Waals surface area contributed by atoms with Crippen LogP contribution in [0.3, 0.4) is 0 Å². The molecule has 4 heteroatoms. The highest BCUT2D eigenvalue weighted by Gasteiger charge is 2.38. The fourth-order valence-corrected chi connectivity index (χ4v) is 9.47. The lowest BCUT2D eigenvalue weighted by atomic mass is 9.63. The maximum Gasteiger partial charge on any atom is 0.235 e. The molecule has 3 aromatic heterocycles. The van der Waals surface area contributed by atoms with Gasteiger partial charge in [-0.3, -0.25) is 4.57 Å². The van der Waals surface area contributed by atoms with Crippen LogP contribution in [-0.4, -0.2) is 19.1 Å². The zero-order chi connectivity index (χ0) is 37.8. The quantitative estimate of drug-likeness (QED) is 0.181. The van der Waals surface area contributed by atoms with Crippen LogP contribution in [0.2, 0.25) is 0 Å². The van der Waals surface area contributed by atoms with Crippen molar-refractivity contribution in [3.63, 3.8) is 0 Å². The first-order valence-corrected chi connectivity index (χ1v) is 19.8. The number of rotatable bonds is 4. The molecule has 56 heavy (non-hydrogen) atoms. The Morgan fingerprint density at radius 2 is 0.946 bits per heavy atom. The molecular weight excluding hydrogens is 681 g/mol. The van der Waals surface area contributed by atoms with Crippen molar-refractivity contribution in [2.75, 3.05) is 0 Å². The van der Waals surface area contributed by atoms with Crippen molar-refractivity contribution in [2.45, 2.75) is 51.4 Å². The van der Waals surface area contributed by atoms with Gasteiger partial charge in [-0.2, -0.15) is 0 Å². The van der Waals surface area contributed by atoms with Crippen LogP contribution in [0.15, 0.2) is 158 Å². The van der Waals surface area contributed by atoms with Gasteiger partial charge in [0.25, 0.3) is 0 Å². The number of hydrogen-bond donors (Lipinski definition) is 0. The van der Waals surface area contributed by atoms with Crippen LogP contribution >= 0.6 is 0 Å². The maximum absolute atomic E-state index is 5.39. The van der Waals surface area contributed by atoms with E-state index >= 15 is 0 Å². The van der Waals surface area contributed by atoms with Crippen LogP contribution in [0.25, 0.3) is 88.5 Å². The number of nitrogens with zero attached hydrogens (tertiary/aromatic N) is 4. The van der Waals surface area contributed by atoms with E-state index in [0.717, 1.165) is 33.5 Å². The largest absolute Gasteiger partial charge is 0.309 e. The zero-order valence-corrected chi connectivity index (χ0v) is 32.2. The summed E-state index contributed by atoms with van der Waals surface area (Å²) in [6.45, 7) is 9.69. The molecule has 0 aliphatic heterocycles. The lowest BCUT2D eigenvalue weighted by molar-refractivity contribution is 0.332. The molecule has 0 spiro atoms. The summed E-state index contributed by atoms with van der Waals surface area (Å²) in [6, 6.07) is 57.1. The molecule has 1 aliphatic rings. The van der Waals surface area contributed by atoms with Crippen molar-refractivity contribution in [3.8, 4) is 34.2 Å². The van der Waals surface area contributed by atoms with Gasteiger partial charge in [0, 0.05) is 38.4 Å².